The number of amides is 3. The highest BCUT2D eigenvalue weighted by Crippen LogP contribution is 2.24. The van der Waals surface area contributed by atoms with Crippen molar-refractivity contribution in [2.24, 2.45) is 0 Å². The molecule has 1 heterocycles. The highest BCUT2D eigenvalue weighted by Gasteiger charge is 2.32. The maximum Gasteiger partial charge on any atom is 0.408 e. The van der Waals surface area contributed by atoms with Crippen LogP contribution in [0.15, 0.2) is 12.4 Å². The molecule has 0 aliphatic carbocycles. The zero-order chi connectivity index (χ0) is 43.2. The van der Waals surface area contributed by atoms with Crippen LogP contribution in [-0.4, -0.2) is 96.0 Å². The van der Waals surface area contributed by atoms with Crippen LogP contribution in [0, 0.1) is 0 Å². The van der Waals surface area contributed by atoms with Crippen LogP contribution in [0.5, 0.6) is 5.75 Å². The number of ether oxygens (including phenoxy) is 6. The van der Waals surface area contributed by atoms with Gasteiger partial charge in [-0.25, -0.2) is 33.3 Å². The first kappa shape index (κ1) is 49.2. The van der Waals surface area contributed by atoms with Gasteiger partial charge in [-0.05, 0) is 109 Å². The van der Waals surface area contributed by atoms with Crippen LogP contribution >= 0.6 is 0 Å². The molecule has 0 aromatic carbocycles. The average molecular weight is 798 g/mol. The van der Waals surface area contributed by atoms with E-state index < -0.39 is 76.7 Å². The van der Waals surface area contributed by atoms with E-state index in [1.807, 2.05) is 0 Å². The predicted molar refractivity (Wildman–Crippen MR) is 204 cm³/mol. The number of unbranched alkanes of at least 4 members (excludes halogenated alkanes) is 1. The van der Waals surface area contributed by atoms with Gasteiger partial charge in [0.15, 0.2) is 11.9 Å². The number of rotatable bonds is 16. The number of carbonyl (C=O) groups excluding carboxylic acids is 6. The Balaban J connectivity index is 3.46. The van der Waals surface area contributed by atoms with Gasteiger partial charge in [-0.2, -0.15) is 0 Å². The number of nitrogens with one attached hydrogen (secondary N) is 3. The molecular weight excluding hydrogens is 732 g/mol. The van der Waals surface area contributed by atoms with Crippen molar-refractivity contribution in [1.29, 1.82) is 0 Å². The SMILES string of the molecule is COC(=O)[C@H](CCc1c[n+](CCCC[C@H](NC(=O)OC(C)(C)C)C(=O)OC(C)(C)C)cc(O)c1C[C@H](NC(=O)OC(C)(C)C)C(=O)OC)NC(=O)OC(C)(C)C. The van der Waals surface area contributed by atoms with Gasteiger partial charge in [-0.3, -0.25) is 0 Å². The smallest absolute Gasteiger partial charge is 0.408 e. The minimum atomic E-state index is -1.27. The quantitative estimate of drug-likeness (QED) is 0.0774. The predicted octanol–water partition coefficient (Wildman–Crippen LogP) is 4.69. The number of esters is 3. The highest BCUT2D eigenvalue weighted by molar-refractivity contribution is 5.83. The summed E-state index contributed by atoms with van der Waals surface area (Å²) in [5, 5.41) is 19.0. The van der Waals surface area contributed by atoms with Gasteiger partial charge in [0, 0.05) is 24.0 Å². The summed E-state index contributed by atoms with van der Waals surface area (Å²) in [6.07, 6.45) is 1.70. The van der Waals surface area contributed by atoms with Crippen LogP contribution in [0.3, 0.4) is 0 Å². The van der Waals surface area contributed by atoms with E-state index in [1.165, 1.54) is 13.3 Å². The molecule has 3 amide bonds. The summed E-state index contributed by atoms with van der Waals surface area (Å²) in [5.74, 6) is -2.36. The van der Waals surface area contributed by atoms with Gasteiger partial charge < -0.3 is 49.5 Å². The third kappa shape index (κ3) is 20.2. The van der Waals surface area contributed by atoms with Gasteiger partial charge in [0.2, 0.25) is 6.20 Å². The first-order chi connectivity index (χ1) is 25.5. The van der Waals surface area contributed by atoms with Gasteiger partial charge >= 0.3 is 36.2 Å². The van der Waals surface area contributed by atoms with Crippen molar-refractivity contribution in [3.05, 3.63) is 23.5 Å². The summed E-state index contributed by atoms with van der Waals surface area (Å²) >= 11 is 0. The molecule has 0 spiro atoms. The molecule has 1 rings (SSSR count). The molecular formula is C39H65N4O13+. The number of alkyl carbamates (subject to hydrolysis) is 3. The first-order valence-electron chi connectivity index (χ1n) is 18.6. The summed E-state index contributed by atoms with van der Waals surface area (Å²) in [6.45, 7) is 20.7. The fourth-order valence-corrected chi connectivity index (χ4v) is 5.14. The van der Waals surface area contributed by atoms with E-state index in [2.05, 4.69) is 16.0 Å². The number of aryl methyl sites for hydroxylation is 2. The van der Waals surface area contributed by atoms with Crippen LogP contribution in [0.1, 0.15) is 120 Å². The molecule has 4 N–H and O–H groups in total. The van der Waals surface area contributed by atoms with E-state index in [-0.39, 0.29) is 37.0 Å². The molecule has 0 saturated carbocycles. The molecule has 1 aromatic rings. The second-order valence-electron chi connectivity index (χ2n) is 17.3. The van der Waals surface area contributed by atoms with Crippen molar-refractivity contribution < 1.29 is 66.9 Å². The normalized spacial score (nSPS) is 13.6. The van der Waals surface area contributed by atoms with E-state index in [4.69, 9.17) is 28.4 Å². The lowest BCUT2D eigenvalue weighted by Crippen LogP contribution is -2.46. The Morgan fingerprint density at radius 1 is 0.589 bits per heavy atom. The number of hydrogen-bond donors (Lipinski definition) is 4. The van der Waals surface area contributed by atoms with Gasteiger partial charge in [-0.1, -0.05) is 0 Å². The number of aromatic nitrogens is 1. The molecule has 0 aliphatic rings. The first-order valence-corrected chi connectivity index (χ1v) is 18.6. The Hall–Kier alpha value is -4.83. The van der Waals surface area contributed by atoms with E-state index in [0.717, 1.165) is 7.11 Å². The van der Waals surface area contributed by atoms with Crippen LogP contribution in [0.25, 0.3) is 0 Å². The van der Waals surface area contributed by atoms with Crippen LogP contribution < -0.4 is 20.5 Å². The van der Waals surface area contributed by atoms with Crippen molar-refractivity contribution >= 4 is 36.2 Å². The summed E-state index contributed by atoms with van der Waals surface area (Å²) in [4.78, 5) is 76.5. The molecule has 56 heavy (non-hydrogen) atoms. The molecule has 3 atom stereocenters. The van der Waals surface area contributed by atoms with E-state index >= 15 is 0 Å². The number of carbonyl (C=O) groups is 6. The number of aromatic hydroxyl groups is 1. The van der Waals surface area contributed by atoms with Crippen molar-refractivity contribution in [3.63, 3.8) is 0 Å². The topological polar surface area (TPSA) is 218 Å². The lowest BCUT2D eigenvalue weighted by molar-refractivity contribution is -0.698. The maximum absolute atomic E-state index is 13.0. The molecule has 0 aliphatic heterocycles. The highest BCUT2D eigenvalue weighted by atomic mass is 16.6. The average Bonchev–Trinajstić information content (AvgIpc) is 3.00. The molecule has 0 saturated heterocycles. The summed E-state index contributed by atoms with van der Waals surface area (Å²) in [5.41, 5.74) is -2.53. The minimum absolute atomic E-state index is 0.00133. The maximum atomic E-state index is 13.0. The Morgan fingerprint density at radius 2 is 1.00 bits per heavy atom. The van der Waals surface area contributed by atoms with Crippen molar-refractivity contribution in [3.8, 4) is 5.75 Å². The van der Waals surface area contributed by atoms with Crippen molar-refractivity contribution in [2.75, 3.05) is 14.2 Å². The van der Waals surface area contributed by atoms with Crippen LogP contribution in [0.2, 0.25) is 0 Å². The summed E-state index contributed by atoms with van der Waals surface area (Å²) in [6, 6.07) is -3.40. The molecule has 318 valence electrons. The van der Waals surface area contributed by atoms with Gasteiger partial charge in [-0.15, -0.1) is 0 Å². The van der Waals surface area contributed by atoms with Crippen LogP contribution in [-0.2, 0) is 62.2 Å². The summed E-state index contributed by atoms with van der Waals surface area (Å²) in [7, 11) is 2.34. The monoisotopic (exact) mass is 797 g/mol. The van der Waals surface area contributed by atoms with Crippen LogP contribution in [0.4, 0.5) is 14.4 Å². The molecule has 0 unspecified atom stereocenters. The largest absolute Gasteiger partial charge is 0.503 e. The Kier molecular flexibility index (Phi) is 18.4. The molecule has 17 heteroatoms. The minimum Gasteiger partial charge on any atom is -0.503 e. The number of hydrogen-bond acceptors (Lipinski definition) is 13. The van der Waals surface area contributed by atoms with E-state index in [0.29, 0.717) is 24.9 Å². The zero-order valence-corrected chi connectivity index (χ0v) is 35.6. The Morgan fingerprint density at radius 3 is 1.43 bits per heavy atom. The Bertz CT molecular complexity index is 1520. The standard InChI is InChI=1S/C39H64N4O13/c1-36(2,3)53-32(47)26(40-33(48)54-37(4,5)6)17-15-16-20-43-22-24(18-19-27(30(45)51-13)41-34(49)55-38(7,8)9)25(29(44)23-43)21-28(31(46)52-14)42-35(50)56-39(10,11)12/h22-23,26-28H,15-21H2,1-14H3,(H3-,40,41,42,44,48,49,50)/p+1/t26-,27-,28-/m0/s1. The van der Waals surface area contributed by atoms with Gasteiger partial charge in [0.1, 0.15) is 47.1 Å². The second-order valence-corrected chi connectivity index (χ2v) is 17.3. The van der Waals surface area contributed by atoms with Crippen molar-refractivity contribution in [1.82, 2.24) is 16.0 Å². The fourth-order valence-electron chi connectivity index (χ4n) is 5.14. The number of pyridine rings is 1. The van der Waals surface area contributed by atoms with E-state index in [9.17, 15) is 33.9 Å². The molecule has 0 bridgehead atoms. The zero-order valence-electron chi connectivity index (χ0n) is 35.6. The fraction of sp³-hybridized carbons (Fsp3) is 0.718. The number of methoxy groups -OCH3 is 2. The number of nitrogens with zero attached hydrogens (tertiary/aromatic N) is 1. The molecule has 0 radical (unpaired) electrons. The third-order valence-electron chi connectivity index (χ3n) is 7.31. The van der Waals surface area contributed by atoms with Gasteiger partial charge in [0.05, 0.1) is 14.2 Å². The second kappa shape index (κ2) is 20.9. The molecule has 0 fully saturated rings. The Labute approximate surface area is 330 Å². The molecule has 17 nitrogen and oxygen atoms in total. The lowest BCUT2D eigenvalue weighted by atomic mass is 9.96. The summed E-state index contributed by atoms with van der Waals surface area (Å²) < 4.78 is 33.1. The van der Waals surface area contributed by atoms with Crippen molar-refractivity contribution in [2.45, 2.75) is 169 Å². The van der Waals surface area contributed by atoms with E-state index in [1.54, 1.807) is 93.8 Å². The third-order valence-corrected chi connectivity index (χ3v) is 7.31. The van der Waals surface area contributed by atoms with Gasteiger partial charge in [0.25, 0.3) is 0 Å². The molecule has 1 aromatic heterocycles. The lowest BCUT2D eigenvalue weighted by Gasteiger charge is -2.26.